The van der Waals surface area contributed by atoms with E-state index in [1.165, 1.54) is 12.7 Å². The number of nitrogens with one attached hydrogen (secondary N) is 1. The molecule has 13 heavy (non-hydrogen) atoms. The van der Waals surface area contributed by atoms with Crippen LogP contribution >= 0.6 is 0 Å². The highest BCUT2D eigenvalue weighted by atomic mass is 16.5. The van der Waals surface area contributed by atoms with E-state index in [2.05, 4.69) is 15.0 Å². The van der Waals surface area contributed by atoms with Crippen molar-refractivity contribution in [3.63, 3.8) is 0 Å². The summed E-state index contributed by atoms with van der Waals surface area (Å²) in [6.07, 6.45) is 5.27. The molecule has 1 saturated carbocycles. The minimum absolute atomic E-state index is 0.0404. The highest BCUT2D eigenvalue weighted by Gasteiger charge is 2.19. The molecular formula is C9H12N2O2. The Bertz CT molecular complexity index is 278. The van der Waals surface area contributed by atoms with Crippen LogP contribution in [-0.4, -0.2) is 17.1 Å². The highest BCUT2D eigenvalue weighted by molar-refractivity contribution is 5.78. The van der Waals surface area contributed by atoms with Gasteiger partial charge in [0.25, 0.3) is 0 Å². The van der Waals surface area contributed by atoms with Crippen LogP contribution in [0.3, 0.4) is 0 Å². The number of carbonyl (C=O) groups excluding carboxylic acids is 1. The summed E-state index contributed by atoms with van der Waals surface area (Å²) in [7, 11) is 0. The van der Waals surface area contributed by atoms with Gasteiger partial charge in [-0.2, -0.15) is 0 Å². The van der Waals surface area contributed by atoms with Gasteiger partial charge >= 0.3 is 0 Å². The van der Waals surface area contributed by atoms with Crippen LogP contribution in [0.15, 0.2) is 16.9 Å². The molecule has 0 spiro atoms. The van der Waals surface area contributed by atoms with Crippen molar-refractivity contribution in [3.8, 4) is 0 Å². The van der Waals surface area contributed by atoms with Gasteiger partial charge in [0.2, 0.25) is 5.91 Å². The first kappa shape index (κ1) is 8.29. The third-order valence-corrected chi connectivity index (χ3v) is 2.30. The molecule has 0 atom stereocenters. The van der Waals surface area contributed by atoms with E-state index in [0.29, 0.717) is 18.2 Å². The first-order valence-electron chi connectivity index (χ1n) is 4.53. The molecule has 1 aliphatic carbocycles. The molecule has 1 aliphatic rings. The number of nitrogens with zero attached hydrogens (tertiary/aromatic N) is 1. The second-order valence-electron chi connectivity index (χ2n) is 3.36. The smallest absolute Gasteiger partial charge is 0.226 e. The number of hydrogen-bond acceptors (Lipinski definition) is 3. The largest absolute Gasteiger partial charge is 0.364 e. The van der Waals surface area contributed by atoms with Gasteiger partial charge in [0.15, 0.2) is 0 Å². The first-order valence-corrected chi connectivity index (χ1v) is 4.53. The fraction of sp³-hybridized carbons (Fsp3) is 0.556. The van der Waals surface area contributed by atoms with Crippen LogP contribution in [0.1, 0.15) is 25.0 Å². The normalized spacial score (nSPS) is 16.6. The molecule has 70 valence electrons. The van der Waals surface area contributed by atoms with Crippen LogP contribution in [0.4, 0.5) is 0 Å². The molecule has 1 heterocycles. The average Bonchev–Trinajstić information content (AvgIpc) is 2.49. The Kier molecular flexibility index (Phi) is 2.29. The Morgan fingerprint density at radius 1 is 1.69 bits per heavy atom. The Labute approximate surface area is 76.3 Å². The second kappa shape index (κ2) is 3.60. The molecule has 1 N–H and O–H groups in total. The Morgan fingerprint density at radius 3 is 3.08 bits per heavy atom. The van der Waals surface area contributed by atoms with Crippen molar-refractivity contribution in [2.45, 2.75) is 31.7 Å². The molecule has 1 aromatic heterocycles. The fourth-order valence-electron chi connectivity index (χ4n) is 1.32. The molecule has 0 unspecified atom stereocenters. The average molecular weight is 180 g/mol. The lowest BCUT2D eigenvalue weighted by molar-refractivity contribution is -0.121. The van der Waals surface area contributed by atoms with Crippen molar-refractivity contribution in [3.05, 3.63) is 18.0 Å². The van der Waals surface area contributed by atoms with Gasteiger partial charge < -0.3 is 9.84 Å². The van der Waals surface area contributed by atoms with E-state index < -0.39 is 0 Å². The molecule has 1 amide bonds. The summed E-state index contributed by atoms with van der Waals surface area (Å²) in [6, 6.07) is 2.11. The summed E-state index contributed by atoms with van der Waals surface area (Å²) < 4.78 is 4.63. The number of rotatable bonds is 3. The lowest BCUT2D eigenvalue weighted by Gasteiger charge is -2.26. The molecule has 2 rings (SSSR count). The Balaban J connectivity index is 1.78. The van der Waals surface area contributed by atoms with Gasteiger partial charge in [-0.1, -0.05) is 5.16 Å². The van der Waals surface area contributed by atoms with Gasteiger partial charge in [0, 0.05) is 12.1 Å². The van der Waals surface area contributed by atoms with E-state index >= 15 is 0 Å². The second-order valence-corrected chi connectivity index (χ2v) is 3.36. The van der Waals surface area contributed by atoms with Gasteiger partial charge in [-0.05, 0) is 19.3 Å². The lowest BCUT2D eigenvalue weighted by Crippen LogP contribution is -2.40. The first-order chi connectivity index (χ1) is 6.34. The third kappa shape index (κ3) is 2.08. The number of hydrogen-bond donors (Lipinski definition) is 1. The van der Waals surface area contributed by atoms with Gasteiger partial charge in [-0.3, -0.25) is 4.79 Å². The predicted molar refractivity (Wildman–Crippen MR) is 46.0 cm³/mol. The zero-order chi connectivity index (χ0) is 9.10. The molecular weight excluding hydrogens is 168 g/mol. The van der Waals surface area contributed by atoms with Crippen LogP contribution in [-0.2, 0) is 11.2 Å². The van der Waals surface area contributed by atoms with E-state index in [1.807, 2.05) is 0 Å². The topological polar surface area (TPSA) is 55.1 Å². The summed E-state index contributed by atoms with van der Waals surface area (Å²) in [5.41, 5.74) is 0.692. The summed E-state index contributed by atoms with van der Waals surface area (Å²) in [6.45, 7) is 0. The number of amides is 1. The molecule has 1 aromatic rings. The zero-order valence-electron chi connectivity index (χ0n) is 7.32. The summed E-state index contributed by atoms with van der Waals surface area (Å²) in [5.74, 6) is 0.0404. The zero-order valence-corrected chi connectivity index (χ0v) is 7.32. The quantitative estimate of drug-likeness (QED) is 0.751. The highest BCUT2D eigenvalue weighted by Crippen LogP contribution is 2.17. The van der Waals surface area contributed by atoms with Crippen molar-refractivity contribution in [2.24, 2.45) is 0 Å². The van der Waals surface area contributed by atoms with Crippen molar-refractivity contribution < 1.29 is 9.32 Å². The van der Waals surface area contributed by atoms with E-state index in [0.717, 1.165) is 12.8 Å². The minimum Gasteiger partial charge on any atom is -0.364 e. The molecule has 0 bridgehead atoms. The molecule has 0 aliphatic heterocycles. The molecule has 0 saturated heterocycles. The lowest BCUT2D eigenvalue weighted by atomic mass is 9.93. The minimum atomic E-state index is 0.0404. The van der Waals surface area contributed by atoms with Crippen molar-refractivity contribution >= 4 is 5.91 Å². The molecule has 4 heteroatoms. The van der Waals surface area contributed by atoms with E-state index in [4.69, 9.17) is 0 Å². The van der Waals surface area contributed by atoms with Crippen LogP contribution < -0.4 is 5.32 Å². The van der Waals surface area contributed by atoms with Crippen molar-refractivity contribution in [1.82, 2.24) is 10.5 Å². The molecule has 1 fully saturated rings. The number of aromatic nitrogens is 1. The summed E-state index contributed by atoms with van der Waals surface area (Å²) in [5, 5.41) is 6.61. The monoisotopic (exact) mass is 180 g/mol. The molecule has 4 nitrogen and oxygen atoms in total. The maximum absolute atomic E-state index is 11.3. The maximum atomic E-state index is 11.3. The molecule has 0 aromatic carbocycles. The van der Waals surface area contributed by atoms with Gasteiger partial charge in [0.05, 0.1) is 12.1 Å². The Morgan fingerprint density at radius 2 is 2.54 bits per heavy atom. The van der Waals surface area contributed by atoms with Crippen molar-refractivity contribution in [2.75, 3.05) is 0 Å². The van der Waals surface area contributed by atoms with Crippen molar-refractivity contribution in [1.29, 1.82) is 0 Å². The van der Waals surface area contributed by atoms with E-state index in [1.54, 1.807) is 6.07 Å². The van der Waals surface area contributed by atoms with E-state index in [-0.39, 0.29) is 5.91 Å². The van der Waals surface area contributed by atoms with Crippen LogP contribution in [0.2, 0.25) is 0 Å². The third-order valence-electron chi connectivity index (χ3n) is 2.30. The summed E-state index contributed by atoms with van der Waals surface area (Å²) >= 11 is 0. The maximum Gasteiger partial charge on any atom is 0.226 e. The Hall–Kier alpha value is -1.32. The predicted octanol–water partition coefficient (Wildman–Crippen LogP) is 0.886. The van der Waals surface area contributed by atoms with Crippen LogP contribution in [0.5, 0.6) is 0 Å². The standard InChI is InChI=1S/C9H12N2O2/c12-9(10-7-2-1-3-7)6-8-4-5-13-11-8/h4-5,7H,1-3,6H2,(H,10,12). The number of carbonyl (C=O) groups is 1. The van der Waals surface area contributed by atoms with E-state index in [9.17, 15) is 4.79 Å². The van der Waals surface area contributed by atoms with Crippen LogP contribution in [0.25, 0.3) is 0 Å². The van der Waals surface area contributed by atoms with Gasteiger partial charge in [-0.25, -0.2) is 0 Å². The summed E-state index contributed by atoms with van der Waals surface area (Å²) in [4.78, 5) is 11.3. The molecule has 0 radical (unpaired) electrons. The SMILES string of the molecule is O=C(Cc1ccon1)NC1CCC1. The van der Waals surface area contributed by atoms with Gasteiger partial charge in [-0.15, -0.1) is 0 Å². The van der Waals surface area contributed by atoms with Crippen LogP contribution in [0, 0.1) is 0 Å². The fourth-order valence-corrected chi connectivity index (χ4v) is 1.32. The van der Waals surface area contributed by atoms with Gasteiger partial charge in [0.1, 0.15) is 6.26 Å².